The van der Waals surface area contributed by atoms with E-state index in [1.165, 1.54) is 26.4 Å². The van der Waals surface area contributed by atoms with Gasteiger partial charge in [0.15, 0.2) is 18.1 Å². The highest BCUT2D eigenvalue weighted by Gasteiger charge is 2.25. The number of anilines is 2. The van der Waals surface area contributed by atoms with Gasteiger partial charge in [-0.2, -0.15) is 0 Å². The van der Waals surface area contributed by atoms with Crippen LogP contribution in [-0.4, -0.2) is 43.6 Å². The summed E-state index contributed by atoms with van der Waals surface area (Å²) in [6.07, 6.45) is 1.66. The second kappa shape index (κ2) is 10.2. The molecule has 0 unspecified atom stereocenters. The van der Waals surface area contributed by atoms with Crippen LogP contribution in [0.4, 0.5) is 11.4 Å². The van der Waals surface area contributed by atoms with Crippen LogP contribution in [0.5, 0.6) is 11.5 Å². The van der Waals surface area contributed by atoms with Gasteiger partial charge in [0, 0.05) is 29.1 Å². The summed E-state index contributed by atoms with van der Waals surface area (Å²) < 4.78 is 15.8. The number of esters is 1. The van der Waals surface area contributed by atoms with Crippen molar-refractivity contribution in [1.82, 2.24) is 4.98 Å². The van der Waals surface area contributed by atoms with Crippen LogP contribution in [0.25, 0.3) is 10.9 Å². The van der Waals surface area contributed by atoms with Crippen molar-refractivity contribution in [1.29, 1.82) is 0 Å². The van der Waals surface area contributed by atoms with Crippen LogP contribution < -0.4 is 20.1 Å². The standard InChI is InChI=1S/C25H27N3O6/c1-25(2,3)24(31)28-19-13-21(33-5)20(32-4)12-16(19)23(30)34-14-22(29)27-18-10-6-9-17-15(18)8-7-11-26-17/h6-13H,14H2,1-5H3,(H,27,29)(H,28,31). The number of benzene rings is 2. The number of rotatable bonds is 7. The number of hydrogen-bond donors (Lipinski definition) is 2. The van der Waals surface area contributed by atoms with Crippen LogP contribution in [0.2, 0.25) is 0 Å². The predicted octanol–water partition coefficient (Wildman–Crippen LogP) is 4.03. The molecule has 0 bridgehead atoms. The van der Waals surface area contributed by atoms with Gasteiger partial charge in [0.2, 0.25) is 5.91 Å². The van der Waals surface area contributed by atoms with E-state index in [-0.39, 0.29) is 22.9 Å². The molecule has 34 heavy (non-hydrogen) atoms. The number of nitrogens with zero attached hydrogens (tertiary/aromatic N) is 1. The Bertz CT molecular complexity index is 1230. The first-order chi connectivity index (χ1) is 16.1. The van der Waals surface area contributed by atoms with E-state index in [0.29, 0.717) is 11.4 Å². The largest absolute Gasteiger partial charge is 0.493 e. The molecule has 0 aliphatic rings. The molecule has 0 saturated heterocycles. The Morgan fingerprint density at radius 3 is 2.29 bits per heavy atom. The molecule has 0 aliphatic carbocycles. The zero-order valence-electron chi connectivity index (χ0n) is 19.7. The number of fused-ring (bicyclic) bond motifs is 1. The van der Waals surface area contributed by atoms with Crippen LogP contribution in [0.3, 0.4) is 0 Å². The molecule has 9 nitrogen and oxygen atoms in total. The minimum absolute atomic E-state index is 0.0254. The SMILES string of the molecule is COc1cc(NC(=O)C(C)(C)C)c(C(=O)OCC(=O)Nc2cccc3ncccc23)cc1OC. The Labute approximate surface area is 197 Å². The zero-order chi connectivity index (χ0) is 24.9. The Morgan fingerprint density at radius 1 is 0.912 bits per heavy atom. The maximum Gasteiger partial charge on any atom is 0.340 e. The van der Waals surface area contributed by atoms with Gasteiger partial charge in [0.1, 0.15) is 0 Å². The Balaban J connectivity index is 1.78. The smallest absolute Gasteiger partial charge is 0.340 e. The highest BCUT2D eigenvalue weighted by molar-refractivity contribution is 6.05. The monoisotopic (exact) mass is 465 g/mol. The highest BCUT2D eigenvalue weighted by Crippen LogP contribution is 2.34. The number of carbonyl (C=O) groups excluding carboxylic acids is 3. The number of aromatic nitrogens is 1. The Kier molecular flexibility index (Phi) is 7.35. The molecular formula is C25H27N3O6. The maximum atomic E-state index is 12.9. The molecule has 0 saturated carbocycles. The van der Waals surface area contributed by atoms with Gasteiger partial charge in [-0.3, -0.25) is 14.6 Å². The van der Waals surface area contributed by atoms with Gasteiger partial charge in [-0.05, 0) is 24.3 Å². The molecule has 0 aliphatic heterocycles. The van der Waals surface area contributed by atoms with Crippen molar-refractivity contribution >= 4 is 40.1 Å². The number of nitrogens with one attached hydrogen (secondary N) is 2. The quantitative estimate of drug-likeness (QED) is 0.506. The van der Waals surface area contributed by atoms with Crippen molar-refractivity contribution in [3.8, 4) is 11.5 Å². The molecule has 178 valence electrons. The first-order valence-corrected chi connectivity index (χ1v) is 10.5. The Hall–Kier alpha value is -4.14. The van der Waals surface area contributed by atoms with Crippen molar-refractivity contribution in [3.63, 3.8) is 0 Å². The third kappa shape index (κ3) is 5.61. The predicted molar refractivity (Wildman–Crippen MR) is 128 cm³/mol. The molecule has 0 atom stereocenters. The van der Waals surface area contributed by atoms with Crippen molar-refractivity contribution in [2.24, 2.45) is 5.41 Å². The minimum atomic E-state index is -0.806. The van der Waals surface area contributed by atoms with E-state index in [4.69, 9.17) is 14.2 Å². The summed E-state index contributed by atoms with van der Waals surface area (Å²) in [5, 5.41) is 6.21. The van der Waals surface area contributed by atoms with Crippen LogP contribution >= 0.6 is 0 Å². The van der Waals surface area contributed by atoms with E-state index in [9.17, 15) is 14.4 Å². The summed E-state index contributed by atoms with van der Waals surface area (Å²) in [6, 6.07) is 11.8. The van der Waals surface area contributed by atoms with E-state index in [1.807, 2.05) is 12.1 Å². The number of pyridine rings is 1. The normalized spacial score (nSPS) is 11.0. The molecule has 0 radical (unpaired) electrons. The summed E-state index contributed by atoms with van der Waals surface area (Å²) in [5.74, 6) is -1.04. The molecule has 2 aromatic carbocycles. The summed E-state index contributed by atoms with van der Waals surface area (Å²) in [7, 11) is 2.87. The first-order valence-electron chi connectivity index (χ1n) is 10.5. The lowest BCUT2D eigenvalue weighted by Gasteiger charge is -2.20. The number of ether oxygens (including phenoxy) is 3. The number of methoxy groups -OCH3 is 2. The Morgan fingerprint density at radius 2 is 1.62 bits per heavy atom. The van der Waals surface area contributed by atoms with Crippen LogP contribution in [-0.2, 0) is 14.3 Å². The second-order valence-electron chi connectivity index (χ2n) is 8.46. The first kappa shape index (κ1) is 24.5. The van der Waals surface area contributed by atoms with E-state index in [2.05, 4.69) is 15.6 Å². The highest BCUT2D eigenvalue weighted by atomic mass is 16.5. The van der Waals surface area contributed by atoms with Crippen molar-refractivity contribution in [3.05, 3.63) is 54.2 Å². The molecule has 9 heteroatoms. The fourth-order valence-electron chi connectivity index (χ4n) is 3.07. The van der Waals surface area contributed by atoms with E-state index >= 15 is 0 Å². The molecule has 2 N–H and O–H groups in total. The maximum absolute atomic E-state index is 12.9. The molecule has 1 heterocycles. The summed E-state index contributed by atoms with van der Waals surface area (Å²) >= 11 is 0. The fraction of sp³-hybridized carbons (Fsp3) is 0.280. The van der Waals surface area contributed by atoms with E-state index in [0.717, 1.165) is 10.9 Å². The van der Waals surface area contributed by atoms with Crippen molar-refractivity contribution in [2.45, 2.75) is 20.8 Å². The summed E-state index contributed by atoms with van der Waals surface area (Å²) in [5.41, 5.74) is 0.778. The van der Waals surface area contributed by atoms with Gasteiger partial charge in [-0.25, -0.2) is 4.79 Å². The molecule has 1 aromatic heterocycles. The summed E-state index contributed by atoms with van der Waals surface area (Å²) in [4.78, 5) is 42.1. The third-order valence-corrected chi connectivity index (χ3v) is 4.93. The van der Waals surface area contributed by atoms with Crippen LogP contribution in [0, 0.1) is 5.41 Å². The van der Waals surface area contributed by atoms with Gasteiger partial charge in [-0.15, -0.1) is 0 Å². The van der Waals surface area contributed by atoms with Crippen molar-refractivity contribution < 1.29 is 28.6 Å². The number of amides is 2. The molecule has 3 aromatic rings. The summed E-state index contributed by atoms with van der Waals surface area (Å²) in [6.45, 7) is 4.70. The zero-order valence-corrected chi connectivity index (χ0v) is 19.7. The lowest BCUT2D eigenvalue weighted by Crippen LogP contribution is -2.29. The molecule has 2 amide bonds. The van der Waals surface area contributed by atoms with Gasteiger partial charge in [-0.1, -0.05) is 26.8 Å². The number of hydrogen-bond acceptors (Lipinski definition) is 7. The molecule has 0 spiro atoms. The average molecular weight is 466 g/mol. The average Bonchev–Trinajstić information content (AvgIpc) is 2.81. The second-order valence-corrected chi connectivity index (χ2v) is 8.46. The lowest BCUT2D eigenvalue weighted by molar-refractivity contribution is -0.123. The van der Waals surface area contributed by atoms with Gasteiger partial charge >= 0.3 is 5.97 Å². The van der Waals surface area contributed by atoms with Gasteiger partial charge in [0.05, 0.1) is 36.7 Å². The lowest BCUT2D eigenvalue weighted by atomic mass is 9.95. The van der Waals surface area contributed by atoms with E-state index < -0.39 is 23.9 Å². The van der Waals surface area contributed by atoms with Crippen molar-refractivity contribution in [2.75, 3.05) is 31.5 Å². The van der Waals surface area contributed by atoms with E-state index in [1.54, 1.807) is 45.2 Å². The van der Waals surface area contributed by atoms with Gasteiger partial charge < -0.3 is 24.8 Å². The molecule has 3 rings (SSSR count). The minimum Gasteiger partial charge on any atom is -0.493 e. The van der Waals surface area contributed by atoms with Crippen LogP contribution in [0.15, 0.2) is 48.7 Å². The molecule has 0 fully saturated rings. The third-order valence-electron chi connectivity index (χ3n) is 4.93. The van der Waals surface area contributed by atoms with Gasteiger partial charge in [0.25, 0.3) is 5.91 Å². The fourth-order valence-corrected chi connectivity index (χ4v) is 3.07. The topological polar surface area (TPSA) is 116 Å². The molecular weight excluding hydrogens is 438 g/mol. The number of carbonyl (C=O) groups is 3. The van der Waals surface area contributed by atoms with Crippen LogP contribution in [0.1, 0.15) is 31.1 Å².